The molecule has 1 aliphatic rings. The zero-order valence-corrected chi connectivity index (χ0v) is 13.3. The maximum Gasteiger partial charge on any atom is 0.211 e. The summed E-state index contributed by atoms with van der Waals surface area (Å²) >= 11 is 0. The highest BCUT2D eigenvalue weighted by molar-refractivity contribution is 5.81. The topological polar surface area (TPSA) is 41.7 Å². The molecule has 0 radical (unpaired) electrons. The fourth-order valence-corrected chi connectivity index (χ4v) is 2.71. The molecule has 0 fully saturated rings. The molecule has 2 aromatic carbocycles. The SMILES string of the molecule is COc1cc2c(cc1OC)CC[N+](/C=C(\O)c1ccccc1)=C2. The Kier molecular flexibility index (Phi) is 4.33. The zero-order valence-electron chi connectivity index (χ0n) is 13.3. The van der Waals surface area contributed by atoms with Gasteiger partial charge in [-0.25, -0.2) is 4.58 Å². The Balaban J connectivity index is 1.94. The van der Waals surface area contributed by atoms with Gasteiger partial charge in [0.25, 0.3) is 0 Å². The Morgan fingerprint density at radius 2 is 1.78 bits per heavy atom. The first kappa shape index (κ1) is 15.2. The summed E-state index contributed by atoms with van der Waals surface area (Å²) in [5, 5.41) is 10.3. The van der Waals surface area contributed by atoms with E-state index in [0.29, 0.717) is 5.75 Å². The molecule has 0 aliphatic carbocycles. The number of aliphatic hydroxyl groups excluding tert-OH is 1. The van der Waals surface area contributed by atoms with Gasteiger partial charge in [0, 0.05) is 17.5 Å². The molecule has 3 rings (SSSR count). The molecule has 0 aromatic heterocycles. The summed E-state index contributed by atoms with van der Waals surface area (Å²) in [6.07, 6.45) is 4.65. The van der Waals surface area contributed by atoms with E-state index >= 15 is 0 Å². The number of benzene rings is 2. The Morgan fingerprint density at radius 1 is 1.09 bits per heavy atom. The summed E-state index contributed by atoms with van der Waals surface area (Å²) in [5.41, 5.74) is 3.09. The summed E-state index contributed by atoms with van der Waals surface area (Å²) in [4.78, 5) is 0. The van der Waals surface area contributed by atoms with E-state index in [1.54, 1.807) is 20.4 Å². The fraction of sp³-hybridized carbons (Fsp3) is 0.211. The van der Waals surface area contributed by atoms with E-state index in [0.717, 1.165) is 29.8 Å². The highest BCUT2D eigenvalue weighted by Crippen LogP contribution is 2.31. The van der Waals surface area contributed by atoms with E-state index in [2.05, 4.69) is 0 Å². The minimum absolute atomic E-state index is 0.255. The van der Waals surface area contributed by atoms with Crippen LogP contribution >= 0.6 is 0 Å². The lowest BCUT2D eigenvalue weighted by Crippen LogP contribution is -2.19. The van der Waals surface area contributed by atoms with Crippen LogP contribution in [0.15, 0.2) is 48.7 Å². The van der Waals surface area contributed by atoms with Crippen molar-refractivity contribution in [1.29, 1.82) is 0 Å². The molecule has 23 heavy (non-hydrogen) atoms. The summed E-state index contributed by atoms with van der Waals surface area (Å²) < 4.78 is 12.7. The fourth-order valence-electron chi connectivity index (χ4n) is 2.71. The van der Waals surface area contributed by atoms with Crippen LogP contribution < -0.4 is 9.47 Å². The molecular weight excluding hydrogens is 290 g/mol. The minimum atomic E-state index is 0.255. The third-order valence-electron chi connectivity index (χ3n) is 3.95. The van der Waals surface area contributed by atoms with Crippen molar-refractivity contribution in [2.45, 2.75) is 6.42 Å². The van der Waals surface area contributed by atoms with Crippen LogP contribution in [-0.2, 0) is 6.42 Å². The lowest BCUT2D eigenvalue weighted by molar-refractivity contribution is -0.452. The average molecular weight is 310 g/mol. The molecule has 1 aliphatic heterocycles. The maximum absolute atomic E-state index is 10.3. The molecule has 0 bridgehead atoms. The van der Waals surface area contributed by atoms with Gasteiger partial charge in [-0.3, -0.25) is 0 Å². The summed E-state index contributed by atoms with van der Waals surface area (Å²) in [7, 11) is 3.27. The highest BCUT2D eigenvalue weighted by atomic mass is 16.5. The van der Waals surface area contributed by atoms with Crippen LogP contribution in [0.5, 0.6) is 11.5 Å². The van der Waals surface area contributed by atoms with Gasteiger partial charge in [0.1, 0.15) is 0 Å². The standard InChI is InChI=1S/C19H19NO3/c1-22-18-10-15-8-9-20(12-16(15)11-19(18)23-2)13-17(21)14-6-4-3-5-7-14/h3-7,10-13H,8-9H2,1-2H3/p+1/b17-13-. The van der Waals surface area contributed by atoms with E-state index in [-0.39, 0.29) is 5.76 Å². The molecule has 4 heteroatoms. The lowest BCUT2D eigenvalue weighted by Gasteiger charge is -2.14. The number of hydrogen-bond acceptors (Lipinski definition) is 3. The summed E-state index contributed by atoms with van der Waals surface area (Å²) in [5.74, 6) is 1.71. The van der Waals surface area contributed by atoms with Crippen LogP contribution in [0.1, 0.15) is 16.7 Å². The van der Waals surface area contributed by atoms with Crippen molar-refractivity contribution >= 4 is 12.0 Å². The number of aliphatic hydroxyl groups is 1. The smallest absolute Gasteiger partial charge is 0.211 e. The highest BCUT2D eigenvalue weighted by Gasteiger charge is 2.19. The maximum atomic E-state index is 10.3. The largest absolute Gasteiger partial charge is 0.502 e. The number of hydrogen-bond donors (Lipinski definition) is 1. The molecule has 0 amide bonds. The molecule has 0 saturated heterocycles. The Morgan fingerprint density at radius 3 is 2.48 bits per heavy atom. The molecule has 4 nitrogen and oxygen atoms in total. The van der Waals surface area contributed by atoms with Crippen molar-refractivity contribution in [3.8, 4) is 11.5 Å². The molecule has 0 atom stereocenters. The number of nitrogens with zero attached hydrogens (tertiary/aromatic N) is 1. The van der Waals surface area contributed by atoms with Crippen molar-refractivity contribution in [2.24, 2.45) is 0 Å². The molecule has 118 valence electrons. The monoisotopic (exact) mass is 310 g/mol. The van der Waals surface area contributed by atoms with Crippen molar-refractivity contribution in [3.63, 3.8) is 0 Å². The average Bonchev–Trinajstić information content (AvgIpc) is 2.61. The van der Waals surface area contributed by atoms with Crippen LogP contribution in [0.4, 0.5) is 0 Å². The first-order valence-corrected chi connectivity index (χ1v) is 7.53. The third-order valence-corrected chi connectivity index (χ3v) is 3.95. The van der Waals surface area contributed by atoms with Gasteiger partial charge < -0.3 is 14.6 Å². The van der Waals surface area contributed by atoms with E-state index < -0.39 is 0 Å². The molecular formula is C19H20NO3+. The molecule has 0 spiro atoms. The van der Waals surface area contributed by atoms with E-state index in [1.807, 2.05) is 53.3 Å². The zero-order chi connectivity index (χ0) is 16.2. The number of rotatable bonds is 4. The first-order valence-electron chi connectivity index (χ1n) is 7.53. The van der Waals surface area contributed by atoms with Crippen LogP contribution in [-0.4, -0.2) is 36.7 Å². The van der Waals surface area contributed by atoms with Gasteiger partial charge in [-0.1, -0.05) is 30.3 Å². The van der Waals surface area contributed by atoms with Gasteiger partial charge in [0.15, 0.2) is 30.0 Å². The van der Waals surface area contributed by atoms with Crippen molar-refractivity contribution in [3.05, 3.63) is 65.4 Å². The third kappa shape index (κ3) is 3.21. The number of methoxy groups -OCH3 is 2. The molecule has 2 aromatic rings. The van der Waals surface area contributed by atoms with Gasteiger partial charge in [-0.05, 0) is 17.7 Å². The minimum Gasteiger partial charge on any atom is -0.502 e. The quantitative estimate of drug-likeness (QED) is 0.696. The van der Waals surface area contributed by atoms with E-state index in [1.165, 1.54) is 5.56 Å². The number of ether oxygens (including phenoxy) is 2. The Bertz CT molecular complexity index is 764. The normalized spacial score (nSPS) is 14.0. The van der Waals surface area contributed by atoms with Crippen molar-refractivity contribution in [1.82, 2.24) is 0 Å². The summed E-state index contributed by atoms with van der Waals surface area (Å²) in [6, 6.07) is 13.5. The number of fused-ring (bicyclic) bond motifs is 1. The van der Waals surface area contributed by atoms with E-state index in [4.69, 9.17) is 9.47 Å². The molecule has 1 heterocycles. The molecule has 0 unspecified atom stereocenters. The van der Waals surface area contributed by atoms with E-state index in [9.17, 15) is 5.11 Å². The van der Waals surface area contributed by atoms with Crippen LogP contribution in [0.3, 0.4) is 0 Å². The van der Waals surface area contributed by atoms with Gasteiger partial charge >= 0.3 is 0 Å². The molecule has 0 saturated carbocycles. The van der Waals surface area contributed by atoms with Gasteiger partial charge in [0.05, 0.1) is 14.2 Å². The van der Waals surface area contributed by atoms with Gasteiger partial charge in [0.2, 0.25) is 6.20 Å². The van der Waals surface area contributed by atoms with Crippen LogP contribution in [0, 0.1) is 0 Å². The predicted octanol–water partition coefficient (Wildman–Crippen LogP) is 3.25. The summed E-state index contributed by atoms with van der Waals surface area (Å²) in [6.45, 7) is 0.805. The van der Waals surface area contributed by atoms with Crippen LogP contribution in [0.2, 0.25) is 0 Å². The van der Waals surface area contributed by atoms with Crippen LogP contribution in [0.25, 0.3) is 5.76 Å². The van der Waals surface area contributed by atoms with Crippen molar-refractivity contribution in [2.75, 3.05) is 20.8 Å². The second-order valence-corrected chi connectivity index (χ2v) is 5.40. The van der Waals surface area contributed by atoms with Gasteiger partial charge in [-0.2, -0.15) is 0 Å². The molecule has 1 N–H and O–H groups in total. The predicted molar refractivity (Wildman–Crippen MR) is 90.6 cm³/mol. The Hall–Kier alpha value is -2.75. The first-order chi connectivity index (χ1) is 11.2. The lowest BCUT2D eigenvalue weighted by atomic mass is 10.0. The Labute approximate surface area is 135 Å². The van der Waals surface area contributed by atoms with Crippen molar-refractivity contribution < 1.29 is 19.2 Å². The second-order valence-electron chi connectivity index (χ2n) is 5.40. The van der Waals surface area contributed by atoms with Gasteiger partial charge in [-0.15, -0.1) is 0 Å². The second kappa shape index (κ2) is 6.57.